The van der Waals surface area contributed by atoms with Crippen molar-refractivity contribution in [3.05, 3.63) is 0 Å². The van der Waals surface area contributed by atoms with E-state index >= 15 is 0 Å². The fraction of sp³-hybridized carbons (Fsp3) is 1.00. The summed E-state index contributed by atoms with van der Waals surface area (Å²) in [5, 5.41) is 221. The van der Waals surface area contributed by atoms with Crippen LogP contribution in [0.25, 0.3) is 0 Å². The Labute approximate surface area is 478 Å². The molecule has 18 saturated heterocycles. The van der Waals surface area contributed by atoms with Crippen molar-refractivity contribution in [3.8, 4) is 0 Å². The first-order chi connectivity index (χ1) is 40.2. The zero-order valence-electron chi connectivity index (χ0n) is 45.0. The molecule has 14 bridgehead atoms. The number of nitrogens with two attached hydrogens (primary N) is 1. The lowest BCUT2D eigenvalue weighted by Gasteiger charge is -2.50. The minimum Gasteiger partial charge on any atom is -0.394 e. The maximum atomic E-state index is 11.8. The molecule has 490 valence electrons. The molecule has 0 aliphatic carbocycles. The van der Waals surface area contributed by atoms with Crippen LogP contribution in [0.1, 0.15) is 19.3 Å². The summed E-state index contributed by atoms with van der Waals surface area (Å²) < 4.78 is 87.2. The molecule has 18 aliphatic heterocycles. The summed E-state index contributed by atoms with van der Waals surface area (Å²) in [5.74, 6) is -1.04. The van der Waals surface area contributed by atoms with E-state index in [2.05, 4.69) is 0 Å². The normalized spacial score (nSPS) is 52.2. The maximum Gasteiger partial charge on any atom is 0.187 e. The van der Waals surface area contributed by atoms with Gasteiger partial charge in [0.1, 0.15) is 153 Å². The van der Waals surface area contributed by atoms with Crippen molar-refractivity contribution >= 4 is 0 Å². The average molecular weight is 1230 g/mol. The first kappa shape index (κ1) is 68.5. The Hall–Kier alpha value is -1.44. The van der Waals surface area contributed by atoms with Gasteiger partial charge >= 0.3 is 0 Å². The molecule has 0 saturated carbocycles. The number of aliphatic hydroxyl groups is 20. The number of hydrogen-bond donors (Lipinski definition) is 21. The van der Waals surface area contributed by atoms with Gasteiger partial charge in [-0.3, -0.25) is 0 Å². The van der Waals surface area contributed by atoms with Crippen molar-refractivity contribution in [2.75, 3.05) is 66.0 Å². The number of aliphatic hydroxyl groups excluding tert-OH is 20. The van der Waals surface area contributed by atoms with Gasteiger partial charge in [-0.25, -0.2) is 0 Å². The molecule has 18 aliphatic rings. The highest BCUT2D eigenvalue weighted by Gasteiger charge is 2.59. The number of ether oxygens (including phenoxy) is 15. The smallest absolute Gasteiger partial charge is 0.187 e. The van der Waals surface area contributed by atoms with E-state index < -0.39 is 261 Å². The lowest BCUT2D eigenvalue weighted by molar-refractivity contribution is -0.398. The minimum absolute atomic E-state index is 0.0308. The van der Waals surface area contributed by atoms with Crippen molar-refractivity contribution in [1.29, 1.82) is 0 Å². The van der Waals surface area contributed by atoms with E-state index in [1.54, 1.807) is 0 Å². The Morgan fingerprint density at radius 1 is 0.310 bits per heavy atom. The largest absolute Gasteiger partial charge is 0.394 e. The summed E-state index contributed by atoms with van der Waals surface area (Å²) in [5.41, 5.74) is 5.68. The van der Waals surface area contributed by atoms with Crippen LogP contribution in [0.4, 0.5) is 0 Å². The van der Waals surface area contributed by atoms with Gasteiger partial charge in [0, 0.05) is 19.1 Å². The third-order valence-corrected chi connectivity index (χ3v) is 16.3. The van der Waals surface area contributed by atoms with E-state index in [9.17, 15) is 102 Å². The quantitative estimate of drug-likeness (QED) is 0.0854. The van der Waals surface area contributed by atoms with Gasteiger partial charge in [0.05, 0.1) is 58.5 Å². The Morgan fingerprint density at radius 3 is 0.857 bits per heavy atom. The van der Waals surface area contributed by atoms with Crippen LogP contribution in [-0.4, -0.2) is 377 Å². The second kappa shape index (κ2) is 30.6. The molecule has 6 unspecified atom stereocenters. The highest BCUT2D eigenvalue weighted by Crippen LogP contribution is 2.39. The van der Waals surface area contributed by atoms with E-state index in [0.29, 0.717) is 0 Å². The molecule has 0 aromatic rings. The average Bonchev–Trinajstić information content (AvgIpc) is 2.76. The van der Waals surface area contributed by atoms with Gasteiger partial charge in [-0.15, -0.1) is 0 Å². The van der Waals surface area contributed by atoms with Gasteiger partial charge in [-0.05, 0) is 25.8 Å². The van der Waals surface area contributed by atoms with Gasteiger partial charge in [-0.1, -0.05) is 0 Å². The number of hydrogen-bond acceptors (Lipinski definition) is 36. The molecule has 36 heteroatoms. The van der Waals surface area contributed by atoms with Crippen LogP contribution in [0, 0.1) is 5.92 Å². The Bertz CT molecular complexity index is 1950. The molecule has 0 aromatic heterocycles. The molecule has 84 heavy (non-hydrogen) atoms. The monoisotopic (exact) mass is 1230 g/mol. The second-order valence-corrected chi connectivity index (χ2v) is 21.7. The standard InChI is InChI=1S/C48H83NO35/c49-4-2-6-70-41-34(69)40-21(13-56)78-48(41)71-5-1-3-14-15(7-50)72-42(28(63)22(14)57)79-35-16(8-51)73-43(29(64)23(35)58)80-36-17(9-52)74-44(30(65)24(36)59)81-37-18(10-53)75-45(31(66)25(37)60)82-38-19(11-54)76-46(32(67)26(38)61)83-39-20(12-55)77-47(84-40)33(68)27(39)62/h14-48,50-69H,1-13,49H2/t14-,15-,16-,17-,18-,19-,20-,21-,22+,23-,24-,25-,26-,27-,28-,29-,30-,31-,32-,33-,34+,35-,36-,37-,38-,39-,40-,41-,42?,43?,44?,45?,46?,47?,48+/m1/s1. The van der Waals surface area contributed by atoms with E-state index in [1.165, 1.54) is 0 Å². The SMILES string of the molecule is NCCCO[C@H]1[C@H]2OCCC[C@H]3[C@H](O)[C@@H](O)C(O[C@H]4[C@H](O)[C@@H](O)C(O[C@H]5[C@H](O)[C@@H](O)C(O[C@H]6[C@H](O)[C@@H](O)C(O[C@H]7[C@H](O)[C@@H](O)C(O[C@H]8[C@H](O)[C@@H](O)C(O[C@@H]([C@@H]1O)[C@@H](CO)O2)O[C@@H]8CO)O[C@@H]7CO)O[C@@H]6CO)O[C@@H]5CO)O[C@@H]4CO)O[C@@H]3CO. The molecule has 18 fully saturated rings. The summed E-state index contributed by atoms with van der Waals surface area (Å²) in [6.07, 6.45) is -63.5. The zero-order chi connectivity index (χ0) is 61.0. The van der Waals surface area contributed by atoms with E-state index in [4.69, 9.17) is 76.8 Å². The zero-order valence-corrected chi connectivity index (χ0v) is 45.0. The third kappa shape index (κ3) is 14.3. The third-order valence-electron chi connectivity index (χ3n) is 16.3. The highest BCUT2D eigenvalue weighted by atomic mass is 16.8. The van der Waals surface area contributed by atoms with Crippen molar-refractivity contribution in [2.24, 2.45) is 11.7 Å². The van der Waals surface area contributed by atoms with Crippen LogP contribution in [0.5, 0.6) is 0 Å². The fourth-order valence-electron chi connectivity index (χ4n) is 11.6. The summed E-state index contributed by atoms with van der Waals surface area (Å²) in [6, 6.07) is 0. The maximum absolute atomic E-state index is 11.8. The second-order valence-electron chi connectivity index (χ2n) is 21.7. The van der Waals surface area contributed by atoms with Gasteiger partial charge in [0.25, 0.3) is 0 Å². The predicted molar refractivity (Wildman–Crippen MR) is 260 cm³/mol. The Balaban J connectivity index is 1.05. The first-order valence-corrected chi connectivity index (χ1v) is 27.8. The highest BCUT2D eigenvalue weighted by molar-refractivity contribution is 5.01. The summed E-state index contributed by atoms with van der Waals surface area (Å²) in [7, 11) is 0. The molecular weight excluding hydrogens is 1150 g/mol. The molecular formula is C48H83NO35. The lowest BCUT2D eigenvalue weighted by atomic mass is 9.85. The summed E-state index contributed by atoms with van der Waals surface area (Å²) >= 11 is 0. The van der Waals surface area contributed by atoms with Gasteiger partial charge in [0.2, 0.25) is 0 Å². The molecule has 0 aromatic carbocycles. The fourth-order valence-corrected chi connectivity index (χ4v) is 11.6. The van der Waals surface area contributed by atoms with Gasteiger partial charge in [0.15, 0.2) is 44.0 Å². The number of fused-ring (bicyclic) bond motifs is 1. The van der Waals surface area contributed by atoms with Gasteiger partial charge < -0.3 is 179 Å². The van der Waals surface area contributed by atoms with Crippen LogP contribution >= 0.6 is 0 Å². The van der Waals surface area contributed by atoms with Crippen LogP contribution in [0.15, 0.2) is 0 Å². The molecule has 18 heterocycles. The van der Waals surface area contributed by atoms with Crippen molar-refractivity contribution in [1.82, 2.24) is 0 Å². The van der Waals surface area contributed by atoms with Crippen molar-refractivity contribution < 1.29 is 173 Å². The first-order valence-electron chi connectivity index (χ1n) is 27.8. The van der Waals surface area contributed by atoms with E-state index in [1.807, 2.05) is 0 Å². The Kier molecular flexibility index (Phi) is 24.9. The van der Waals surface area contributed by atoms with Crippen molar-refractivity contribution in [2.45, 2.75) is 228 Å². The summed E-state index contributed by atoms with van der Waals surface area (Å²) in [6.45, 7) is -6.87. The summed E-state index contributed by atoms with van der Waals surface area (Å²) in [4.78, 5) is 0. The molecule has 18 rings (SSSR count). The minimum atomic E-state index is -2.21. The molecule has 0 amide bonds. The van der Waals surface area contributed by atoms with Crippen LogP contribution in [0.3, 0.4) is 0 Å². The van der Waals surface area contributed by atoms with Crippen LogP contribution in [-0.2, 0) is 71.1 Å². The molecule has 0 spiro atoms. The van der Waals surface area contributed by atoms with Gasteiger partial charge in [-0.2, -0.15) is 0 Å². The Morgan fingerprint density at radius 2 is 0.571 bits per heavy atom. The topological polar surface area (TPSA) is 569 Å². The van der Waals surface area contributed by atoms with Crippen LogP contribution in [0.2, 0.25) is 0 Å². The number of rotatable bonds is 11. The van der Waals surface area contributed by atoms with E-state index in [0.717, 1.165) is 0 Å². The van der Waals surface area contributed by atoms with Crippen LogP contribution < -0.4 is 5.73 Å². The molecule has 36 nitrogen and oxygen atoms in total. The predicted octanol–water partition coefficient (Wildman–Crippen LogP) is -13.8. The lowest BCUT2D eigenvalue weighted by Crippen LogP contribution is -2.68. The molecule has 0 radical (unpaired) electrons. The molecule has 22 N–H and O–H groups in total. The van der Waals surface area contributed by atoms with E-state index in [-0.39, 0.29) is 39.0 Å². The molecule has 35 atom stereocenters. The van der Waals surface area contributed by atoms with Crippen molar-refractivity contribution in [3.63, 3.8) is 0 Å².